The maximum atomic E-state index is 11.7. The van der Waals surface area contributed by atoms with E-state index >= 15 is 0 Å². The summed E-state index contributed by atoms with van der Waals surface area (Å²) >= 11 is 3.20. The minimum atomic E-state index is -1.15. The lowest BCUT2D eigenvalue weighted by molar-refractivity contribution is -0.139. The Labute approximate surface area is 105 Å². The van der Waals surface area contributed by atoms with E-state index in [1.54, 1.807) is 12.1 Å². The van der Waals surface area contributed by atoms with Crippen molar-refractivity contribution >= 4 is 39.3 Å². The van der Waals surface area contributed by atoms with Crippen LogP contribution in [0.1, 0.15) is 17.3 Å². The molecule has 1 aromatic rings. The fourth-order valence-electron chi connectivity index (χ4n) is 1.73. The third kappa shape index (κ3) is 1.74. The van der Waals surface area contributed by atoms with E-state index in [1.165, 1.54) is 13.0 Å². The highest BCUT2D eigenvalue weighted by molar-refractivity contribution is 9.10. The summed E-state index contributed by atoms with van der Waals surface area (Å²) in [6, 6.07) is 3.67. The highest BCUT2D eigenvalue weighted by atomic mass is 79.9. The van der Waals surface area contributed by atoms with E-state index in [0.717, 1.165) is 4.90 Å². The molecular weight excluding hydrogens is 290 g/mol. The quantitative estimate of drug-likeness (QED) is 0.839. The average Bonchev–Trinajstić information content (AvgIpc) is 2.51. The number of nitrogens with zero attached hydrogens (tertiary/aromatic N) is 1. The Morgan fingerprint density at radius 2 is 2.06 bits per heavy atom. The molecule has 0 radical (unpaired) electrons. The lowest BCUT2D eigenvalue weighted by Gasteiger charge is -2.20. The lowest BCUT2D eigenvalue weighted by Crippen LogP contribution is -2.42. The number of rotatable bonds is 2. The number of ketones is 1. The molecule has 0 saturated carbocycles. The molecule has 1 atom stereocenters. The molecular formula is C11H8BrNO4. The number of aliphatic carboxylic acids is 1. The largest absolute Gasteiger partial charge is 0.480 e. The van der Waals surface area contributed by atoms with Crippen LogP contribution in [0.15, 0.2) is 22.7 Å². The summed E-state index contributed by atoms with van der Waals surface area (Å²) in [5.74, 6) is -2.62. The molecule has 2 rings (SSSR count). The van der Waals surface area contributed by atoms with Crippen LogP contribution in [0.5, 0.6) is 0 Å². The molecule has 0 bridgehead atoms. The van der Waals surface area contributed by atoms with Gasteiger partial charge in [0.2, 0.25) is 0 Å². The van der Waals surface area contributed by atoms with Gasteiger partial charge in [0.05, 0.1) is 11.3 Å². The number of amides is 1. The molecule has 0 fully saturated rings. The van der Waals surface area contributed by atoms with Crippen LogP contribution < -0.4 is 4.90 Å². The van der Waals surface area contributed by atoms with Gasteiger partial charge in [0.25, 0.3) is 11.7 Å². The lowest BCUT2D eigenvalue weighted by atomic mass is 10.1. The first-order chi connectivity index (χ1) is 7.93. The molecule has 1 unspecified atom stereocenters. The van der Waals surface area contributed by atoms with Crippen LogP contribution in [0.4, 0.5) is 5.69 Å². The van der Waals surface area contributed by atoms with Crippen LogP contribution in [0.25, 0.3) is 0 Å². The molecule has 17 heavy (non-hydrogen) atoms. The van der Waals surface area contributed by atoms with Crippen molar-refractivity contribution in [3.05, 3.63) is 28.2 Å². The van der Waals surface area contributed by atoms with Gasteiger partial charge in [0, 0.05) is 4.47 Å². The number of Topliss-reactive ketones (excluding diaryl/α,β-unsaturated/α-hetero) is 1. The molecule has 6 heteroatoms. The number of carbonyl (C=O) groups is 3. The van der Waals surface area contributed by atoms with E-state index in [1.807, 2.05) is 0 Å². The Morgan fingerprint density at radius 1 is 1.41 bits per heavy atom. The molecule has 0 spiro atoms. The predicted octanol–water partition coefficient (Wildman–Crippen LogP) is 1.45. The highest BCUT2D eigenvalue weighted by Crippen LogP contribution is 2.32. The third-order valence-electron chi connectivity index (χ3n) is 2.62. The van der Waals surface area contributed by atoms with E-state index in [4.69, 9.17) is 5.11 Å². The second kappa shape index (κ2) is 3.96. The fourth-order valence-corrected chi connectivity index (χ4v) is 2.09. The number of fused-ring (bicyclic) bond motifs is 1. The van der Waals surface area contributed by atoms with E-state index < -0.39 is 23.7 Å². The van der Waals surface area contributed by atoms with Gasteiger partial charge in [-0.2, -0.15) is 0 Å². The topological polar surface area (TPSA) is 74.7 Å². The van der Waals surface area contributed by atoms with E-state index in [-0.39, 0.29) is 5.56 Å². The van der Waals surface area contributed by atoms with E-state index in [2.05, 4.69) is 15.9 Å². The van der Waals surface area contributed by atoms with Crippen LogP contribution in [-0.4, -0.2) is 28.8 Å². The normalized spacial score (nSPS) is 16.0. The van der Waals surface area contributed by atoms with Gasteiger partial charge in [-0.1, -0.05) is 15.9 Å². The average molecular weight is 298 g/mol. The molecule has 0 aliphatic carbocycles. The summed E-state index contributed by atoms with van der Waals surface area (Å²) in [6.45, 7) is 1.37. The molecule has 1 heterocycles. The van der Waals surface area contributed by atoms with Gasteiger partial charge in [0.1, 0.15) is 6.04 Å². The zero-order valence-corrected chi connectivity index (χ0v) is 10.4. The van der Waals surface area contributed by atoms with E-state index in [0.29, 0.717) is 10.2 Å². The first kappa shape index (κ1) is 11.8. The Hall–Kier alpha value is -1.69. The maximum Gasteiger partial charge on any atom is 0.326 e. The van der Waals surface area contributed by atoms with Gasteiger partial charge in [-0.05, 0) is 25.1 Å². The summed E-state index contributed by atoms with van der Waals surface area (Å²) in [7, 11) is 0. The number of carboxylic acid groups (broad SMARTS) is 1. The molecule has 1 amide bonds. The van der Waals surface area contributed by atoms with Gasteiger partial charge >= 0.3 is 5.97 Å². The van der Waals surface area contributed by atoms with Crippen LogP contribution in [0.2, 0.25) is 0 Å². The second-order valence-corrected chi connectivity index (χ2v) is 4.60. The monoisotopic (exact) mass is 297 g/mol. The van der Waals surface area contributed by atoms with Crippen molar-refractivity contribution in [2.24, 2.45) is 0 Å². The first-order valence-electron chi connectivity index (χ1n) is 4.83. The number of carbonyl (C=O) groups excluding carboxylic acids is 2. The summed E-state index contributed by atoms with van der Waals surface area (Å²) in [6.07, 6.45) is 0. The zero-order valence-electron chi connectivity index (χ0n) is 8.81. The van der Waals surface area contributed by atoms with Gasteiger partial charge in [-0.15, -0.1) is 0 Å². The number of halogens is 1. The van der Waals surface area contributed by atoms with Crippen LogP contribution in [0.3, 0.4) is 0 Å². The van der Waals surface area contributed by atoms with Crippen molar-refractivity contribution in [1.29, 1.82) is 0 Å². The zero-order chi connectivity index (χ0) is 12.7. The van der Waals surface area contributed by atoms with Crippen molar-refractivity contribution in [3.63, 3.8) is 0 Å². The molecule has 0 aromatic heterocycles. The molecule has 0 saturated heterocycles. The van der Waals surface area contributed by atoms with Crippen molar-refractivity contribution in [2.45, 2.75) is 13.0 Å². The van der Waals surface area contributed by atoms with Crippen LogP contribution >= 0.6 is 15.9 Å². The third-order valence-corrected chi connectivity index (χ3v) is 3.11. The molecule has 88 valence electrons. The molecule has 5 nitrogen and oxygen atoms in total. The number of hydrogen-bond donors (Lipinski definition) is 1. The molecule has 1 aliphatic rings. The van der Waals surface area contributed by atoms with Crippen LogP contribution in [-0.2, 0) is 9.59 Å². The van der Waals surface area contributed by atoms with Crippen molar-refractivity contribution < 1.29 is 19.5 Å². The summed E-state index contributed by atoms with van der Waals surface area (Å²) in [5, 5.41) is 8.91. The Balaban J connectivity index is 2.56. The van der Waals surface area contributed by atoms with Gasteiger partial charge in [0.15, 0.2) is 0 Å². The highest BCUT2D eigenvalue weighted by Gasteiger charge is 2.40. The summed E-state index contributed by atoms with van der Waals surface area (Å²) < 4.78 is 0.669. The summed E-state index contributed by atoms with van der Waals surface area (Å²) in [5.41, 5.74) is 0.579. The summed E-state index contributed by atoms with van der Waals surface area (Å²) in [4.78, 5) is 35.3. The van der Waals surface area contributed by atoms with Gasteiger partial charge < -0.3 is 5.11 Å². The maximum absolute atomic E-state index is 11.7. The number of carboxylic acids is 1. The van der Waals surface area contributed by atoms with Crippen LogP contribution in [0, 0.1) is 0 Å². The second-order valence-electron chi connectivity index (χ2n) is 3.68. The van der Waals surface area contributed by atoms with Crippen molar-refractivity contribution in [2.75, 3.05) is 4.90 Å². The number of benzene rings is 1. The predicted molar refractivity (Wildman–Crippen MR) is 63.1 cm³/mol. The molecule has 1 aliphatic heterocycles. The minimum absolute atomic E-state index is 0.234. The van der Waals surface area contributed by atoms with Crippen molar-refractivity contribution in [3.8, 4) is 0 Å². The number of hydrogen-bond acceptors (Lipinski definition) is 3. The molecule has 1 N–H and O–H groups in total. The first-order valence-corrected chi connectivity index (χ1v) is 5.63. The van der Waals surface area contributed by atoms with Gasteiger partial charge in [-0.3, -0.25) is 14.5 Å². The Bertz CT molecular complexity index is 540. The molecule has 1 aromatic carbocycles. The Kier molecular flexibility index (Phi) is 2.74. The minimum Gasteiger partial charge on any atom is -0.480 e. The number of anilines is 1. The Morgan fingerprint density at radius 3 is 2.65 bits per heavy atom. The van der Waals surface area contributed by atoms with Crippen molar-refractivity contribution in [1.82, 2.24) is 0 Å². The van der Waals surface area contributed by atoms with Gasteiger partial charge in [-0.25, -0.2) is 4.79 Å². The van der Waals surface area contributed by atoms with E-state index in [9.17, 15) is 14.4 Å². The fraction of sp³-hybridized carbons (Fsp3) is 0.182. The SMILES string of the molecule is CC(C(=O)O)N1C(=O)C(=O)c2cc(Br)ccc21. The standard InChI is InChI=1S/C11H8BrNO4/c1-5(11(16)17)13-8-3-2-6(12)4-7(8)9(14)10(13)15/h2-5H,1H3,(H,16,17). The smallest absolute Gasteiger partial charge is 0.326 e.